The number of hydrogen-bond acceptors (Lipinski definition) is 3. The van der Waals surface area contributed by atoms with E-state index in [1.165, 1.54) is 6.07 Å². The molecule has 0 N–H and O–H groups in total. The van der Waals surface area contributed by atoms with Gasteiger partial charge < -0.3 is 14.4 Å². The minimum Gasteiger partial charge on any atom is -0.340 e. The van der Waals surface area contributed by atoms with Gasteiger partial charge in [0.2, 0.25) is 5.91 Å². The van der Waals surface area contributed by atoms with Crippen LogP contribution in [0, 0.1) is 0 Å². The van der Waals surface area contributed by atoms with E-state index >= 15 is 0 Å². The fraction of sp³-hybridized carbons (Fsp3) is 0.625. The second kappa shape index (κ2) is 7.41. The average molecular weight is 291 g/mol. The van der Waals surface area contributed by atoms with Crippen molar-refractivity contribution in [2.75, 3.05) is 27.2 Å². The van der Waals surface area contributed by atoms with Crippen molar-refractivity contribution in [1.82, 2.24) is 14.4 Å². The van der Waals surface area contributed by atoms with Crippen molar-refractivity contribution >= 4 is 5.91 Å². The maximum Gasteiger partial charge on any atom is 0.250 e. The molecule has 2 heterocycles. The maximum atomic E-state index is 12.4. The van der Waals surface area contributed by atoms with Crippen molar-refractivity contribution in [3.63, 3.8) is 0 Å². The smallest absolute Gasteiger partial charge is 0.250 e. The highest BCUT2D eigenvalue weighted by Gasteiger charge is 2.27. The summed E-state index contributed by atoms with van der Waals surface area (Å²) in [7, 11) is 4.12. The van der Waals surface area contributed by atoms with Gasteiger partial charge in [-0.2, -0.15) is 0 Å². The van der Waals surface area contributed by atoms with Crippen LogP contribution in [0.5, 0.6) is 0 Å². The molecule has 21 heavy (non-hydrogen) atoms. The summed E-state index contributed by atoms with van der Waals surface area (Å²) >= 11 is 0. The second-order valence-corrected chi connectivity index (χ2v) is 5.96. The third kappa shape index (κ3) is 4.43. The molecule has 1 unspecified atom stereocenters. The molecule has 1 aromatic rings. The van der Waals surface area contributed by atoms with Crippen LogP contribution in [0.15, 0.2) is 29.2 Å². The lowest BCUT2D eigenvalue weighted by Crippen LogP contribution is -2.38. The van der Waals surface area contributed by atoms with E-state index in [1.807, 2.05) is 11.0 Å². The molecule has 1 aromatic heterocycles. The van der Waals surface area contributed by atoms with E-state index in [9.17, 15) is 9.59 Å². The highest BCUT2D eigenvalue weighted by molar-refractivity contribution is 5.76. The van der Waals surface area contributed by atoms with Gasteiger partial charge in [0.25, 0.3) is 5.56 Å². The van der Waals surface area contributed by atoms with Crippen molar-refractivity contribution in [1.29, 1.82) is 0 Å². The van der Waals surface area contributed by atoms with Gasteiger partial charge in [0, 0.05) is 37.8 Å². The first-order valence-electron chi connectivity index (χ1n) is 7.67. The number of aromatic nitrogens is 1. The topological polar surface area (TPSA) is 45.5 Å². The summed E-state index contributed by atoms with van der Waals surface area (Å²) in [5.74, 6) is 0.173. The second-order valence-electron chi connectivity index (χ2n) is 5.96. The first-order chi connectivity index (χ1) is 10.1. The molecule has 0 aromatic carbocycles. The van der Waals surface area contributed by atoms with E-state index in [4.69, 9.17) is 0 Å². The molecule has 2 rings (SSSR count). The number of likely N-dealkylation sites (tertiary alicyclic amines) is 1. The molecule has 0 bridgehead atoms. The molecule has 1 amide bonds. The van der Waals surface area contributed by atoms with Crippen LogP contribution in [0.2, 0.25) is 0 Å². The van der Waals surface area contributed by atoms with Gasteiger partial charge in [0.1, 0.15) is 0 Å². The zero-order chi connectivity index (χ0) is 15.2. The zero-order valence-electron chi connectivity index (χ0n) is 13.0. The van der Waals surface area contributed by atoms with Gasteiger partial charge in [-0.05, 0) is 46.0 Å². The number of nitrogens with zero attached hydrogens (tertiary/aromatic N) is 3. The Bertz CT molecular complexity index is 524. The van der Waals surface area contributed by atoms with Crippen LogP contribution in [-0.2, 0) is 11.3 Å². The number of amides is 1. The zero-order valence-corrected chi connectivity index (χ0v) is 13.0. The van der Waals surface area contributed by atoms with Gasteiger partial charge in [-0.25, -0.2) is 0 Å². The van der Waals surface area contributed by atoms with Gasteiger partial charge in [-0.1, -0.05) is 6.07 Å². The SMILES string of the molecule is CN(C)CCC1CCCN1C(=O)CCn1ccccc1=O. The molecule has 5 nitrogen and oxygen atoms in total. The molecule has 0 aliphatic carbocycles. The van der Waals surface area contributed by atoms with Gasteiger partial charge >= 0.3 is 0 Å². The average Bonchev–Trinajstić information content (AvgIpc) is 2.92. The van der Waals surface area contributed by atoms with E-state index in [0.29, 0.717) is 19.0 Å². The van der Waals surface area contributed by atoms with Gasteiger partial charge in [-0.15, -0.1) is 0 Å². The van der Waals surface area contributed by atoms with Crippen molar-refractivity contribution in [2.45, 2.75) is 38.3 Å². The molecule has 1 saturated heterocycles. The quantitative estimate of drug-likeness (QED) is 0.790. The van der Waals surface area contributed by atoms with Crippen LogP contribution in [0.3, 0.4) is 0 Å². The van der Waals surface area contributed by atoms with E-state index < -0.39 is 0 Å². The summed E-state index contributed by atoms with van der Waals surface area (Å²) in [4.78, 5) is 28.2. The molecule has 116 valence electrons. The van der Waals surface area contributed by atoms with Crippen LogP contribution in [-0.4, -0.2) is 53.5 Å². The summed E-state index contributed by atoms with van der Waals surface area (Å²) in [6.07, 6.45) is 5.37. The Morgan fingerprint density at radius 3 is 2.90 bits per heavy atom. The van der Waals surface area contributed by atoms with Crippen molar-refractivity contribution in [3.05, 3.63) is 34.7 Å². The third-order valence-corrected chi connectivity index (χ3v) is 4.07. The molecule has 0 radical (unpaired) electrons. The highest BCUT2D eigenvalue weighted by atomic mass is 16.2. The minimum absolute atomic E-state index is 0.0455. The Morgan fingerprint density at radius 2 is 2.19 bits per heavy atom. The van der Waals surface area contributed by atoms with Gasteiger partial charge in [0.15, 0.2) is 0 Å². The van der Waals surface area contributed by atoms with E-state index in [2.05, 4.69) is 19.0 Å². The molecule has 0 saturated carbocycles. The molecule has 1 aliphatic heterocycles. The predicted molar refractivity (Wildman–Crippen MR) is 83.2 cm³/mol. The first-order valence-corrected chi connectivity index (χ1v) is 7.67. The highest BCUT2D eigenvalue weighted by Crippen LogP contribution is 2.21. The Balaban J connectivity index is 1.87. The molecular weight excluding hydrogens is 266 g/mol. The lowest BCUT2D eigenvalue weighted by atomic mass is 10.1. The minimum atomic E-state index is -0.0455. The van der Waals surface area contributed by atoms with Crippen LogP contribution in [0.4, 0.5) is 0 Å². The molecule has 1 aliphatic rings. The van der Waals surface area contributed by atoms with Crippen molar-refractivity contribution in [2.24, 2.45) is 0 Å². The number of carbonyl (C=O) groups is 1. The molecular formula is C16H25N3O2. The van der Waals surface area contributed by atoms with Crippen molar-refractivity contribution < 1.29 is 4.79 Å². The van der Waals surface area contributed by atoms with Crippen molar-refractivity contribution in [3.8, 4) is 0 Å². The van der Waals surface area contributed by atoms with Gasteiger partial charge in [-0.3, -0.25) is 9.59 Å². The Labute approximate surface area is 126 Å². The first kappa shape index (κ1) is 15.8. The number of aryl methyl sites for hydroxylation is 1. The lowest BCUT2D eigenvalue weighted by Gasteiger charge is -2.26. The fourth-order valence-corrected chi connectivity index (χ4v) is 2.88. The Hall–Kier alpha value is -1.62. The van der Waals surface area contributed by atoms with Gasteiger partial charge in [0.05, 0.1) is 0 Å². The summed E-state index contributed by atoms with van der Waals surface area (Å²) < 4.78 is 1.60. The molecule has 0 spiro atoms. The molecule has 5 heteroatoms. The largest absolute Gasteiger partial charge is 0.340 e. The Morgan fingerprint density at radius 1 is 1.38 bits per heavy atom. The summed E-state index contributed by atoms with van der Waals surface area (Å²) in [5, 5.41) is 0. The normalized spacial score (nSPS) is 18.4. The van der Waals surface area contributed by atoms with E-state index in [1.54, 1.807) is 16.8 Å². The lowest BCUT2D eigenvalue weighted by molar-refractivity contribution is -0.132. The number of rotatable bonds is 6. The standard InChI is InChI=1S/C16H25N3O2/c1-17(2)12-8-14-6-5-11-19(14)16(21)9-13-18-10-4-3-7-15(18)20/h3-4,7,10,14H,5-6,8-9,11-13H2,1-2H3. The molecule has 1 atom stereocenters. The van der Waals surface area contributed by atoms with Crippen LogP contribution < -0.4 is 5.56 Å². The molecule has 1 fully saturated rings. The summed E-state index contributed by atoms with van der Waals surface area (Å²) in [6, 6.07) is 5.44. The third-order valence-electron chi connectivity index (χ3n) is 4.07. The number of carbonyl (C=O) groups excluding carboxylic acids is 1. The fourth-order valence-electron chi connectivity index (χ4n) is 2.88. The summed E-state index contributed by atoms with van der Waals surface area (Å²) in [5.41, 5.74) is -0.0455. The van der Waals surface area contributed by atoms with E-state index in [0.717, 1.165) is 32.4 Å². The predicted octanol–water partition coefficient (Wildman–Crippen LogP) is 1.18. The van der Waals surface area contributed by atoms with Crippen LogP contribution >= 0.6 is 0 Å². The van der Waals surface area contributed by atoms with Crippen LogP contribution in [0.1, 0.15) is 25.7 Å². The summed E-state index contributed by atoms with van der Waals surface area (Å²) in [6.45, 7) is 2.34. The maximum absolute atomic E-state index is 12.4. The Kier molecular flexibility index (Phi) is 5.56. The van der Waals surface area contributed by atoms with E-state index in [-0.39, 0.29) is 11.5 Å². The monoisotopic (exact) mass is 291 g/mol. The number of hydrogen-bond donors (Lipinski definition) is 0. The number of pyridine rings is 1. The van der Waals surface area contributed by atoms with Crippen LogP contribution in [0.25, 0.3) is 0 Å².